The second-order valence-corrected chi connectivity index (χ2v) is 5.38. The highest BCUT2D eigenvalue weighted by Gasteiger charge is 2.46. The maximum Gasteiger partial charge on any atom is 0.247 e. The van der Waals surface area contributed by atoms with Crippen molar-refractivity contribution in [3.05, 3.63) is 54.1 Å². The van der Waals surface area contributed by atoms with Crippen molar-refractivity contribution < 1.29 is 14.3 Å². The Morgan fingerprint density at radius 1 is 1.04 bits per heavy atom. The van der Waals surface area contributed by atoms with Gasteiger partial charge in [0.1, 0.15) is 17.5 Å². The molecule has 0 unspecified atom stereocenters. The number of nitrogens with two attached hydrogens (primary N) is 1. The lowest BCUT2D eigenvalue weighted by Crippen LogP contribution is -2.63. The Bertz CT molecular complexity index is 682. The zero-order valence-electron chi connectivity index (χ0n) is 13.2. The molecule has 1 heterocycles. The first-order chi connectivity index (χ1) is 11.2. The number of carbonyl (C=O) groups is 1. The van der Waals surface area contributed by atoms with Crippen LogP contribution in [0, 0.1) is 0 Å². The van der Waals surface area contributed by atoms with Crippen LogP contribution in [0.4, 0.5) is 5.69 Å². The van der Waals surface area contributed by atoms with Gasteiger partial charge in [-0.05, 0) is 48.9 Å². The third kappa shape index (κ3) is 2.75. The van der Waals surface area contributed by atoms with E-state index in [-0.39, 0.29) is 11.9 Å². The molecule has 120 valence electrons. The number of ether oxygens (including phenoxy) is 2. The Labute approximate surface area is 135 Å². The summed E-state index contributed by atoms with van der Waals surface area (Å²) in [7, 11) is 1.62. The minimum atomic E-state index is -0.519. The Morgan fingerprint density at radius 3 is 2.22 bits per heavy atom. The number of nitrogens with zero attached hydrogens (tertiary/aromatic N) is 1. The van der Waals surface area contributed by atoms with Crippen molar-refractivity contribution in [3.63, 3.8) is 0 Å². The molecule has 1 amide bonds. The number of hydrogen-bond acceptors (Lipinski definition) is 4. The highest BCUT2D eigenvalue weighted by atomic mass is 16.5. The molecular formula is C18H20N2O3. The summed E-state index contributed by atoms with van der Waals surface area (Å²) in [4.78, 5) is 13.9. The van der Waals surface area contributed by atoms with E-state index < -0.39 is 6.04 Å². The van der Waals surface area contributed by atoms with Crippen LogP contribution < -0.4 is 20.1 Å². The van der Waals surface area contributed by atoms with Crippen LogP contribution in [0.15, 0.2) is 48.5 Å². The fourth-order valence-electron chi connectivity index (χ4n) is 2.83. The zero-order chi connectivity index (χ0) is 16.4. The van der Waals surface area contributed by atoms with Gasteiger partial charge in [-0.1, -0.05) is 12.1 Å². The van der Waals surface area contributed by atoms with Gasteiger partial charge in [0, 0.05) is 5.69 Å². The normalized spacial score (nSPS) is 20.1. The summed E-state index contributed by atoms with van der Waals surface area (Å²) in [5.41, 5.74) is 7.84. The molecule has 1 aliphatic rings. The van der Waals surface area contributed by atoms with Crippen molar-refractivity contribution >= 4 is 11.6 Å². The van der Waals surface area contributed by atoms with E-state index in [9.17, 15) is 4.79 Å². The summed E-state index contributed by atoms with van der Waals surface area (Å²) in [5, 5.41) is 0. The summed E-state index contributed by atoms with van der Waals surface area (Å²) >= 11 is 0. The van der Waals surface area contributed by atoms with Crippen molar-refractivity contribution in [1.29, 1.82) is 0 Å². The van der Waals surface area contributed by atoms with E-state index in [1.165, 1.54) is 0 Å². The molecule has 0 aromatic heterocycles. The van der Waals surface area contributed by atoms with Gasteiger partial charge in [0.25, 0.3) is 0 Å². The summed E-state index contributed by atoms with van der Waals surface area (Å²) in [6.45, 7) is 2.55. The minimum absolute atomic E-state index is 0.0741. The van der Waals surface area contributed by atoms with Crippen LogP contribution in [0.25, 0.3) is 0 Å². The van der Waals surface area contributed by atoms with Gasteiger partial charge in [0.2, 0.25) is 5.91 Å². The lowest BCUT2D eigenvalue weighted by atomic mass is 9.88. The van der Waals surface area contributed by atoms with Gasteiger partial charge in [0.15, 0.2) is 0 Å². The molecule has 2 N–H and O–H groups in total. The zero-order valence-corrected chi connectivity index (χ0v) is 13.2. The first-order valence-electron chi connectivity index (χ1n) is 7.61. The van der Waals surface area contributed by atoms with Gasteiger partial charge in [-0.25, -0.2) is 0 Å². The Balaban J connectivity index is 1.85. The largest absolute Gasteiger partial charge is 0.497 e. The van der Waals surface area contributed by atoms with Crippen LogP contribution in [-0.4, -0.2) is 25.7 Å². The van der Waals surface area contributed by atoms with Crippen molar-refractivity contribution in [2.45, 2.75) is 19.0 Å². The van der Waals surface area contributed by atoms with Crippen molar-refractivity contribution in [3.8, 4) is 11.5 Å². The van der Waals surface area contributed by atoms with Crippen LogP contribution in [0.3, 0.4) is 0 Å². The molecule has 0 spiro atoms. The van der Waals surface area contributed by atoms with Crippen LogP contribution in [0.1, 0.15) is 18.5 Å². The van der Waals surface area contributed by atoms with E-state index in [2.05, 4.69) is 0 Å². The van der Waals surface area contributed by atoms with Gasteiger partial charge in [-0.2, -0.15) is 0 Å². The topological polar surface area (TPSA) is 64.8 Å². The molecule has 23 heavy (non-hydrogen) atoms. The molecule has 0 radical (unpaired) electrons. The Hall–Kier alpha value is -2.53. The molecule has 0 aliphatic carbocycles. The molecule has 5 heteroatoms. The highest BCUT2D eigenvalue weighted by Crippen LogP contribution is 2.39. The predicted molar refractivity (Wildman–Crippen MR) is 88.8 cm³/mol. The summed E-state index contributed by atoms with van der Waals surface area (Å²) in [5.74, 6) is 1.49. The number of rotatable bonds is 5. The quantitative estimate of drug-likeness (QED) is 0.862. The summed E-state index contributed by atoms with van der Waals surface area (Å²) in [6.07, 6.45) is 0. The average Bonchev–Trinajstić information content (AvgIpc) is 2.60. The molecule has 2 aromatic rings. The van der Waals surface area contributed by atoms with E-state index in [0.717, 1.165) is 22.7 Å². The van der Waals surface area contributed by atoms with Gasteiger partial charge in [-0.3, -0.25) is 4.79 Å². The number of benzene rings is 2. The average molecular weight is 312 g/mol. The molecule has 0 bridgehead atoms. The molecule has 0 saturated carbocycles. The van der Waals surface area contributed by atoms with Crippen LogP contribution in [0.5, 0.6) is 11.5 Å². The van der Waals surface area contributed by atoms with Crippen LogP contribution in [-0.2, 0) is 4.79 Å². The maximum absolute atomic E-state index is 12.2. The van der Waals surface area contributed by atoms with Gasteiger partial charge in [0.05, 0.1) is 19.8 Å². The second kappa shape index (κ2) is 6.30. The first kappa shape index (κ1) is 15.4. The minimum Gasteiger partial charge on any atom is -0.497 e. The van der Waals surface area contributed by atoms with Crippen molar-refractivity contribution in [2.24, 2.45) is 5.73 Å². The molecule has 1 aliphatic heterocycles. The third-order valence-corrected chi connectivity index (χ3v) is 4.02. The molecule has 3 rings (SSSR count). The Morgan fingerprint density at radius 2 is 1.65 bits per heavy atom. The second-order valence-electron chi connectivity index (χ2n) is 5.38. The van der Waals surface area contributed by atoms with Gasteiger partial charge < -0.3 is 20.1 Å². The van der Waals surface area contributed by atoms with E-state index in [1.54, 1.807) is 12.0 Å². The summed E-state index contributed by atoms with van der Waals surface area (Å²) < 4.78 is 10.6. The number of carbonyl (C=O) groups excluding carboxylic acids is 1. The predicted octanol–water partition coefficient (Wildman–Crippen LogP) is 2.51. The van der Waals surface area contributed by atoms with E-state index >= 15 is 0 Å². The van der Waals surface area contributed by atoms with E-state index in [1.807, 2.05) is 55.5 Å². The highest BCUT2D eigenvalue weighted by molar-refractivity contribution is 6.05. The molecule has 2 aromatic carbocycles. The molecule has 2 atom stereocenters. The third-order valence-electron chi connectivity index (χ3n) is 4.02. The number of β-lactam (4-membered cyclic amide) rings is 1. The van der Waals surface area contributed by atoms with Gasteiger partial charge >= 0.3 is 0 Å². The lowest BCUT2D eigenvalue weighted by molar-refractivity contribution is -0.126. The lowest BCUT2D eigenvalue weighted by Gasteiger charge is -2.45. The van der Waals surface area contributed by atoms with Gasteiger partial charge in [-0.15, -0.1) is 0 Å². The van der Waals surface area contributed by atoms with Crippen molar-refractivity contribution in [1.82, 2.24) is 0 Å². The number of anilines is 1. The maximum atomic E-state index is 12.2. The molecule has 5 nitrogen and oxygen atoms in total. The number of amides is 1. The van der Waals surface area contributed by atoms with E-state index in [0.29, 0.717) is 6.61 Å². The first-order valence-corrected chi connectivity index (χ1v) is 7.61. The smallest absolute Gasteiger partial charge is 0.247 e. The fourth-order valence-corrected chi connectivity index (χ4v) is 2.83. The number of methoxy groups -OCH3 is 1. The summed E-state index contributed by atoms with van der Waals surface area (Å²) in [6, 6.07) is 14.4. The van der Waals surface area contributed by atoms with Crippen LogP contribution >= 0.6 is 0 Å². The monoisotopic (exact) mass is 312 g/mol. The molecular weight excluding hydrogens is 292 g/mol. The molecule has 1 fully saturated rings. The molecule has 1 saturated heterocycles. The fraction of sp³-hybridized carbons (Fsp3) is 0.278. The van der Waals surface area contributed by atoms with Crippen molar-refractivity contribution in [2.75, 3.05) is 18.6 Å². The van der Waals surface area contributed by atoms with Crippen LogP contribution in [0.2, 0.25) is 0 Å². The number of hydrogen-bond donors (Lipinski definition) is 1. The Kier molecular flexibility index (Phi) is 4.21. The SMILES string of the molecule is CCOc1ccc(N2C(=O)[C@@H](N)[C@H]2c2ccc(OC)cc2)cc1. The standard InChI is InChI=1S/C18H20N2O3/c1-3-23-15-10-6-13(7-11-15)20-17(16(19)18(20)21)12-4-8-14(22-2)9-5-12/h4-11,16-17H,3,19H2,1-2H3/t16-,17+/m0/s1. The van der Waals surface area contributed by atoms with E-state index in [4.69, 9.17) is 15.2 Å².